The number of benzene rings is 3. The van der Waals surface area contributed by atoms with Crippen LogP contribution in [0.25, 0.3) is 0 Å². The number of nitro groups is 1. The molecule has 0 radical (unpaired) electrons. The van der Waals surface area contributed by atoms with E-state index in [0.29, 0.717) is 17.0 Å². The largest absolute Gasteiger partial charge is 0.325 e. The summed E-state index contributed by atoms with van der Waals surface area (Å²) in [7, 11) is 0. The molecule has 0 saturated carbocycles. The van der Waals surface area contributed by atoms with Crippen LogP contribution < -0.4 is 5.32 Å². The molecule has 1 unspecified atom stereocenters. The van der Waals surface area contributed by atoms with Gasteiger partial charge in [-0.15, -0.1) is 0 Å². The number of carbonyl (C=O) groups is 1. The average Bonchev–Trinajstić information content (AvgIpc) is 3.19. The summed E-state index contributed by atoms with van der Waals surface area (Å²) in [5.41, 5.74) is 4.39. The van der Waals surface area contributed by atoms with Gasteiger partial charge in [0.05, 0.1) is 16.3 Å². The fourth-order valence-electron chi connectivity index (χ4n) is 4.45. The summed E-state index contributed by atoms with van der Waals surface area (Å²) in [6, 6.07) is 22.0. The average molecular weight is 453 g/mol. The number of hydrogen-bond donors (Lipinski definition) is 1. The Bertz CT molecular complexity index is 1280. The van der Waals surface area contributed by atoms with Crippen molar-refractivity contribution in [3.05, 3.63) is 112 Å². The first-order valence-corrected chi connectivity index (χ1v) is 11.3. The molecular formula is C27H24N4O3. The molecule has 7 nitrogen and oxygen atoms in total. The third-order valence-electron chi connectivity index (χ3n) is 6.15. The molecule has 170 valence electrons. The molecule has 0 bridgehead atoms. The van der Waals surface area contributed by atoms with Crippen LogP contribution in [-0.2, 0) is 11.3 Å². The maximum Gasteiger partial charge on any atom is 0.269 e. The van der Waals surface area contributed by atoms with Crippen molar-refractivity contribution in [1.29, 1.82) is 0 Å². The highest BCUT2D eigenvalue weighted by molar-refractivity contribution is 6.24. The molecule has 0 aliphatic carbocycles. The highest BCUT2D eigenvalue weighted by Crippen LogP contribution is 2.38. The number of hydrogen-bond acceptors (Lipinski definition) is 5. The Morgan fingerprint density at radius 1 is 1.06 bits per heavy atom. The van der Waals surface area contributed by atoms with E-state index < -0.39 is 10.8 Å². The molecule has 0 spiro atoms. The van der Waals surface area contributed by atoms with Crippen LogP contribution in [0.15, 0.2) is 89.9 Å². The Labute approximate surface area is 197 Å². The predicted molar refractivity (Wildman–Crippen MR) is 133 cm³/mol. The summed E-state index contributed by atoms with van der Waals surface area (Å²) >= 11 is 0. The Kier molecular flexibility index (Phi) is 6.01. The lowest BCUT2D eigenvalue weighted by molar-refractivity contribution is -0.384. The minimum Gasteiger partial charge on any atom is -0.325 e. The smallest absolute Gasteiger partial charge is 0.269 e. The quantitative estimate of drug-likeness (QED) is 0.241. The van der Waals surface area contributed by atoms with Gasteiger partial charge in [0.25, 0.3) is 5.69 Å². The monoisotopic (exact) mass is 452 g/mol. The first kappa shape index (κ1) is 21.7. The number of aliphatic imine (C=N–C) groups is 1. The zero-order chi connectivity index (χ0) is 23.5. The number of carbonyl (C=O) groups excluding carboxylic acids is 1. The van der Waals surface area contributed by atoms with E-state index in [2.05, 4.69) is 34.5 Å². The molecule has 3 aromatic carbocycles. The predicted octanol–water partition coefficient (Wildman–Crippen LogP) is 5.21. The summed E-state index contributed by atoms with van der Waals surface area (Å²) in [6.07, 6.45) is 5.49. The van der Waals surface area contributed by atoms with Crippen LogP contribution in [0, 0.1) is 10.1 Å². The van der Waals surface area contributed by atoms with Gasteiger partial charge in [-0.05, 0) is 35.7 Å². The van der Waals surface area contributed by atoms with E-state index in [1.54, 1.807) is 6.07 Å². The molecule has 1 N–H and O–H groups in total. The van der Waals surface area contributed by atoms with Crippen LogP contribution in [-0.4, -0.2) is 34.5 Å². The van der Waals surface area contributed by atoms with Gasteiger partial charge in [-0.3, -0.25) is 24.8 Å². The van der Waals surface area contributed by atoms with Crippen molar-refractivity contribution in [3.63, 3.8) is 0 Å². The van der Waals surface area contributed by atoms with Gasteiger partial charge in [0, 0.05) is 43.0 Å². The maximum absolute atomic E-state index is 13.0. The molecule has 0 fully saturated rings. The Balaban J connectivity index is 1.51. The third kappa shape index (κ3) is 4.51. The second kappa shape index (κ2) is 9.41. The van der Waals surface area contributed by atoms with Crippen molar-refractivity contribution in [1.82, 2.24) is 4.90 Å². The number of non-ortho nitro benzene ring substituents is 1. The van der Waals surface area contributed by atoms with E-state index in [1.807, 2.05) is 42.5 Å². The van der Waals surface area contributed by atoms with E-state index in [9.17, 15) is 14.9 Å². The summed E-state index contributed by atoms with van der Waals surface area (Å²) in [5.74, 6) is -0.981. The molecule has 7 heteroatoms. The van der Waals surface area contributed by atoms with Crippen LogP contribution in [0.1, 0.15) is 29.0 Å². The fourth-order valence-corrected chi connectivity index (χ4v) is 4.45. The highest BCUT2D eigenvalue weighted by Gasteiger charge is 2.36. The van der Waals surface area contributed by atoms with Gasteiger partial charge in [-0.1, -0.05) is 54.6 Å². The lowest BCUT2D eigenvalue weighted by Crippen LogP contribution is -2.26. The van der Waals surface area contributed by atoms with E-state index in [4.69, 9.17) is 4.99 Å². The molecule has 0 aromatic heterocycles. The zero-order valence-corrected chi connectivity index (χ0v) is 18.6. The van der Waals surface area contributed by atoms with Crippen molar-refractivity contribution in [2.45, 2.75) is 18.9 Å². The molecular weight excluding hydrogens is 428 g/mol. The molecule has 2 aliphatic rings. The number of nitrogens with one attached hydrogen (secondary N) is 1. The first-order valence-electron chi connectivity index (χ1n) is 11.3. The highest BCUT2D eigenvalue weighted by atomic mass is 16.6. The zero-order valence-electron chi connectivity index (χ0n) is 18.6. The van der Waals surface area contributed by atoms with Crippen LogP contribution >= 0.6 is 0 Å². The summed E-state index contributed by atoms with van der Waals surface area (Å²) < 4.78 is 0. The molecule has 5 rings (SSSR count). The normalized spacial score (nSPS) is 17.9. The maximum atomic E-state index is 13.0. The van der Waals surface area contributed by atoms with Crippen molar-refractivity contribution in [3.8, 4) is 0 Å². The van der Waals surface area contributed by atoms with Crippen LogP contribution in [0.4, 0.5) is 17.1 Å². The molecule has 2 aliphatic heterocycles. The van der Waals surface area contributed by atoms with Gasteiger partial charge >= 0.3 is 0 Å². The van der Waals surface area contributed by atoms with Crippen molar-refractivity contribution >= 4 is 28.7 Å². The van der Waals surface area contributed by atoms with E-state index >= 15 is 0 Å². The van der Waals surface area contributed by atoms with E-state index in [-0.39, 0.29) is 11.6 Å². The molecule has 1 amide bonds. The minimum atomic E-state index is -0.739. The summed E-state index contributed by atoms with van der Waals surface area (Å²) in [4.78, 5) is 31.2. The molecule has 34 heavy (non-hydrogen) atoms. The number of nitro benzene ring substituents is 1. The summed E-state index contributed by atoms with van der Waals surface area (Å²) in [6.45, 7) is 2.89. The van der Waals surface area contributed by atoms with Crippen molar-refractivity contribution in [2.75, 3.05) is 18.4 Å². The van der Waals surface area contributed by atoms with Gasteiger partial charge < -0.3 is 5.32 Å². The van der Waals surface area contributed by atoms with E-state index in [0.717, 1.165) is 37.3 Å². The second-order valence-electron chi connectivity index (χ2n) is 8.48. The van der Waals surface area contributed by atoms with Crippen LogP contribution in [0.5, 0.6) is 0 Å². The van der Waals surface area contributed by atoms with Gasteiger partial charge in [-0.25, -0.2) is 0 Å². The number of rotatable bonds is 6. The van der Waals surface area contributed by atoms with Crippen molar-refractivity contribution < 1.29 is 9.72 Å². The van der Waals surface area contributed by atoms with Crippen LogP contribution in [0.3, 0.4) is 0 Å². The summed E-state index contributed by atoms with van der Waals surface area (Å²) in [5, 5.41) is 14.2. The first-order chi connectivity index (χ1) is 16.6. The molecule has 1 atom stereocenters. The molecule has 2 heterocycles. The molecule has 3 aromatic rings. The number of fused-ring (bicyclic) bond motifs is 1. The van der Waals surface area contributed by atoms with Gasteiger partial charge in [0.15, 0.2) is 0 Å². The Morgan fingerprint density at radius 3 is 2.56 bits per heavy atom. The number of amides is 1. The standard InChI is InChI=1S/C27H24N4O3/c32-27-25(23-17-22(31(33)34)13-14-24(23)29-27)26(20-7-3-1-4-8-20)28-21-11-9-19(10-12-21)18-30-15-5-2-6-16-30/h1-5,7-14,17,25H,6,15-16,18H2,(H,29,32). The van der Waals surface area contributed by atoms with E-state index in [1.165, 1.54) is 17.7 Å². The van der Waals surface area contributed by atoms with Crippen molar-refractivity contribution in [2.24, 2.45) is 4.99 Å². The fraction of sp³-hybridized carbons (Fsp3) is 0.185. The minimum absolute atomic E-state index is 0.0513. The lowest BCUT2D eigenvalue weighted by atomic mass is 9.90. The van der Waals surface area contributed by atoms with Gasteiger partial charge in [0.1, 0.15) is 5.92 Å². The third-order valence-corrected chi connectivity index (χ3v) is 6.15. The Hall–Kier alpha value is -4.10. The van der Waals surface area contributed by atoms with Crippen LogP contribution in [0.2, 0.25) is 0 Å². The topological polar surface area (TPSA) is 87.8 Å². The molecule has 0 saturated heterocycles. The number of anilines is 1. The lowest BCUT2D eigenvalue weighted by Gasteiger charge is -2.22. The number of nitrogens with zero attached hydrogens (tertiary/aromatic N) is 3. The second-order valence-corrected chi connectivity index (χ2v) is 8.48. The SMILES string of the molecule is O=C1Nc2ccc([N+](=O)[O-])cc2C1C(=Nc1ccc(CN2CC=CCC2)cc1)c1ccccc1. The van der Waals surface area contributed by atoms with Gasteiger partial charge in [-0.2, -0.15) is 0 Å². The Morgan fingerprint density at radius 2 is 1.85 bits per heavy atom. The van der Waals surface area contributed by atoms with Gasteiger partial charge in [0.2, 0.25) is 5.91 Å².